The minimum Gasteiger partial charge on any atom is -0.354 e. The summed E-state index contributed by atoms with van der Waals surface area (Å²) in [5.41, 5.74) is 3.52. The molecule has 0 radical (unpaired) electrons. The number of aromatic nitrogens is 3. The van der Waals surface area contributed by atoms with Gasteiger partial charge in [0, 0.05) is 35.6 Å². The van der Waals surface area contributed by atoms with Crippen LogP contribution in [0.4, 0.5) is 29.2 Å². The number of hydrogen-bond acceptors (Lipinski definition) is 4. The molecule has 1 aromatic carbocycles. The van der Waals surface area contributed by atoms with Crippen molar-refractivity contribution in [3.63, 3.8) is 0 Å². The van der Waals surface area contributed by atoms with Crippen molar-refractivity contribution in [2.45, 2.75) is 33.4 Å². The highest BCUT2D eigenvalue weighted by atomic mass is 19.4. The van der Waals surface area contributed by atoms with E-state index in [4.69, 9.17) is 0 Å². The van der Waals surface area contributed by atoms with E-state index in [1.54, 1.807) is 27.0 Å². The van der Waals surface area contributed by atoms with Gasteiger partial charge in [-0.15, -0.1) is 0 Å². The molecule has 2 aromatic heterocycles. The summed E-state index contributed by atoms with van der Waals surface area (Å²) in [6.07, 6.45) is -2.05. The fraction of sp³-hybridized carbons (Fsp3) is 0.316. The molecule has 5 nitrogen and oxygen atoms in total. The lowest BCUT2D eigenvalue weighted by Crippen LogP contribution is -2.15. The number of anilines is 1. The summed E-state index contributed by atoms with van der Waals surface area (Å²) in [6.45, 7) is 5.06. The van der Waals surface area contributed by atoms with Crippen molar-refractivity contribution >= 4 is 28.4 Å². The number of rotatable bonds is 5. The molecule has 0 aliphatic carbocycles. The standard InChI is InChI=1S/C19H19F4N5/c1-10(2)27-16-11(3)6-12(7-15(16)20)13-8-25-17-14(13)9-26-18(28-17)24-5-4-19(21,22)23/h6-9H,4-5H2,1-3H3,(H2,24,25,26,28). The molecule has 0 saturated heterocycles. The Morgan fingerprint density at radius 2 is 2.00 bits per heavy atom. The molecule has 3 rings (SSSR count). The van der Waals surface area contributed by atoms with Crippen molar-refractivity contribution in [1.29, 1.82) is 0 Å². The molecule has 0 fully saturated rings. The molecule has 0 spiro atoms. The minimum atomic E-state index is -4.24. The van der Waals surface area contributed by atoms with Crippen molar-refractivity contribution in [3.05, 3.63) is 35.9 Å². The molecule has 3 aromatic rings. The van der Waals surface area contributed by atoms with Crippen molar-refractivity contribution < 1.29 is 17.6 Å². The average Bonchev–Trinajstić information content (AvgIpc) is 3.00. The lowest BCUT2D eigenvalue weighted by molar-refractivity contribution is -0.131. The monoisotopic (exact) mass is 393 g/mol. The predicted octanol–water partition coefficient (Wildman–Crippen LogP) is 5.55. The summed E-state index contributed by atoms with van der Waals surface area (Å²) >= 11 is 0. The molecule has 0 amide bonds. The van der Waals surface area contributed by atoms with E-state index in [1.807, 2.05) is 6.07 Å². The van der Waals surface area contributed by atoms with Gasteiger partial charge in [-0.05, 0) is 44.0 Å². The number of aromatic amines is 1. The molecule has 0 saturated carbocycles. The number of H-pyrrole nitrogens is 1. The third-order valence-electron chi connectivity index (χ3n) is 4.02. The zero-order valence-corrected chi connectivity index (χ0v) is 15.6. The highest BCUT2D eigenvalue weighted by molar-refractivity contribution is 5.94. The molecule has 2 heterocycles. The summed E-state index contributed by atoms with van der Waals surface area (Å²) in [6, 6.07) is 3.22. The molecule has 148 valence electrons. The number of benzene rings is 1. The molecule has 0 unspecified atom stereocenters. The maximum atomic E-state index is 14.5. The van der Waals surface area contributed by atoms with Gasteiger partial charge in [0.25, 0.3) is 0 Å². The van der Waals surface area contributed by atoms with Crippen molar-refractivity contribution in [2.75, 3.05) is 11.9 Å². The topological polar surface area (TPSA) is 66.0 Å². The number of hydrogen-bond donors (Lipinski definition) is 2. The molecule has 0 aliphatic heterocycles. The highest BCUT2D eigenvalue weighted by Gasteiger charge is 2.26. The van der Waals surface area contributed by atoms with Crippen LogP contribution in [0.2, 0.25) is 0 Å². The second kappa shape index (κ2) is 7.57. The van der Waals surface area contributed by atoms with Gasteiger partial charge < -0.3 is 10.3 Å². The fourth-order valence-corrected chi connectivity index (χ4v) is 2.80. The minimum absolute atomic E-state index is 0.0932. The van der Waals surface area contributed by atoms with E-state index in [9.17, 15) is 17.6 Å². The van der Waals surface area contributed by atoms with E-state index in [1.165, 1.54) is 12.3 Å². The van der Waals surface area contributed by atoms with Crippen LogP contribution in [0.1, 0.15) is 25.8 Å². The van der Waals surface area contributed by atoms with Gasteiger partial charge in [0.05, 0.1) is 6.42 Å². The van der Waals surface area contributed by atoms with Crippen LogP contribution in [-0.2, 0) is 0 Å². The number of aliphatic imine (C=N–C) groups is 1. The van der Waals surface area contributed by atoms with Crippen molar-refractivity contribution in [2.24, 2.45) is 4.99 Å². The van der Waals surface area contributed by atoms with Gasteiger partial charge in [-0.3, -0.25) is 4.99 Å². The Bertz CT molecular complexity index is 1010. The number of nitrogens with one attached hydrogen (secondary N) is 2. The Hall–Kier alpha value is -2.97. The normalized spacial score (nSPS) is 11.7. The van der Waals surface area contributed by atoms with Crippen LogP contribution in [0.25, 0.3) is 22.2 Å². The summed E-state index contributed by atoms with van der Waals surface area (Å²) in [7, 11) is 0. The Labute approximate surface area is 158 Å². The first-order chi connectivity index (χ1) is 13.1. The third kappa shape index (κ3) is 4.47. The predicted molar refractivity (Wildman–Crippen MR) is 102 cm³/mol. The van der Waals surface area contributed by atoms with Gasteiger partial charge in [0.2, 0.25) is 5.95 Å². The molecule has 9 heteroatoms. The van der Waals surface area contributed by atoms with Crippen LogP contribution in [0.5, 0.6) is 0 Å². The van der Waals surface area contributed by atoms with Gasteiger partial charge in [-0.2, -0.15) is 18.2 Å². The van der Waals surface area contributed by atoms with Crippen LogP contribution < -0.4 is 5.32 Å². The quantitative estimate of drug-likeness (QED) is 0.441. The molecular weight excluding hydrogens is 374 g/mol. The first-order valence-electron chi connectivity index (χ1n) is 8.61. The van der Waals surface area contributed by atoms with Gasteiger partial charge in [0.1, 0.15) is 17.2 Å². The number of aryl methyl sites for hydroxylation is 1. The Morgan fingerprint density at radius 1 is 1.25 bits per heavy atom. The first kappa shape index (κ1) is 19.8. The maximum Gasteiger partial charge on any atom is 0.390 e. The van der Waals surface area contributed by atoms with Crippen molar-refractivity contribution in [1.82, 2.24) is 15.0 Å². The molecule has 0 atom stereocenters. The molecule has 2 N–H and O–H groups in total. The lowest BCUT2D eigenvalue weighted by Gasteiger charge is -2.08. The van der Waals surface area contributed by atoms with Gasteiger partial charge in [0.15, 0.2) is 0 Å². The largest absolute Gasteiger partial charge is 0.390 e. The van der Waals surface area contributed by atoms with E-state index in [-0.39, 0.29) is 12.5 Å². The van der Waals surface area contributed by atoms with E-state index in [2.05, 4.69) is 25.3 Å². The first-order valence-corrected chi connectivity index (χ1v) is 8.61. The molecule has 28 heavy (non-hydrogen) atoms. The van der Waals surface area contributed by atoms with E-state index >= 15 is 0 Å². The van der Waals surface area contributed by atoms with Crippen LogP contribution >= 0.6 is 0 Å². The van der Waals surface area contributed by atoms with Gasteiger partial charge in [-0.25, -0.2) is 9.37 Å². The maximum absolute atomic E-state index is 14.5. The molecule has 0 aliphatic rings. The summed E-state index contributed by atoms with van der Waals surface area (Å²) in [5.74, 6) is -0.340. The summed E-state index contributed by atoms with van der Waals surface area (Å²) < 4.78 is 51.2. The average molecular weight is 393 g/mol. The smallest absolute Gasteiger partial charge is 0.354 e. The van der Waals surface area contributed by atoms with Crippen LogP contribution in [0.3, 0.4) is 0 Å². The van der Waals surface area contributed by atoms with E-state index < -0.39 is 18.4 Å². The zero-order chi connectivity index (χ0) is 20.5. The van der Waals surface area contributed by atoms with E-state index in [0.717, 1.165) is 5.71 Å². The van der Waals surface area contributed by atoms with Crippen LogP contribution in [-0.4, -0.2) is 33.4 Å². The van der Waals surface area contributed by atoms with Gasteiger partial charge >= 0.3 is 6.18 Å². The summed E-state index contributed by atoms with van der Waals surface area (Å²) in [5, 5.41) is 3.19. The van der Waals surface area contributed by atoms with Crippen LogP contribution in [0, 0.1) is 12.7 Å². The lowest BCUT2D eigenvalue weighted by atomic mass is 10.0. The fourth-order valence-electron chi connectivity index (χ4n) is 2.80. The Morgan fingerprint density at radius 3 is 2.64 bits per heavy atom. The van der Waals surface area contributed by atoms with Crippen LogP contribution in [0.15, 0.2) is 29.5 Å². The van der Waals surface area contributed by atoms with E-state index in [0.29, 0.717) is 33.4 Å². The Balaban J connectivity index is 1.90. The molecule has 0 bridgehead atoms. The number of halogens is 4. The number of fused-ring (bicyclic) bond motifs is 1. The van der Waals surface area contributed by atoms with Crippen molar-refractivity contribution in [3.8, 4) is 11.1 Å². The SMILES string of the molecule is CC(C)=Nc1c(C)cc(-c2c[nH]c3nc(NCCC(F)(F)F)ncc23)cc1F. The third-order valence-corrected chi connectivity index (χ3v) is 4.02. The number of alkyl halides is 3. The van der Waals surface area contributed by atoms with Gasteiger partial charge in [-0.1, -0.05) is 0 Å². The zero-order valence-electron chi connectivity index (χ0n) is 15.6. The summed E-state index contributed by atoms with van der Waals surface area (Å²) in [4.78, 5) is 15.4. The second-order valence-electron chi connectivity index (χ2n) is 6.63. The Kier molecular flexibility index (Phi) is 5.35. The number of nitrogens with zero attached hydrogens (tertiary/aromatic N) is 3. The second-order valence-corrected chi connectivity index (χ2v) is 6.63. The molecular formula is C19H19F4N5. The highest BCUT2D eigenvalue weighted by Crippen LogP contribution is 2.33.